The predicted molar refractivity (Wildman–Crippen MR) is 126 cm³/mol. The summed E-state index contributed by atoms with van der Waals surface area (Å²) < 4.78 is 0. The molecule has 0 saturated heterocycles. The van der Waals surface area contributed by atoms with Crippen molar-refractivity contribution < 1.29 is 5.11 Å². The van der Waals surface area contributed by atoms with Crippen LogP contribution in [-0.2, 0) is 0 Å². The van der Waals surface area contributed by atoms with Gasteiger partial charge in [0.25, 0.3) is 0 Å². The van der Waals surface area contributed by atoms with Crippen molar-refractivity contribution in [2.45, 2.75) is 85.2 Å². The van der Waals surface area contributed by atoms with Gasteiger partial charge in [-0.3, -0.25) is 0 Å². The van der Waals surface area contributed by atoms with Gasteiger partial charge in [0.2, 0.25) is 0 Å². The molecule has 0 radical (unpaired) electrons. The number of aliphatic hydroxyl groups is 1. The third-order valence-electron chi connectivity index (χ3n) is 8.27. The van der Waals surface area contributed by atoms with E-state index in [0.29, 0.717) is 29.1 Å². The van der Waals surface area contributed by atoms with Gasteiger partial charge in [-0.15, -0.1) is 0 Å². The monoisotopic (exact) mass is 394 g/mol. The lowest BCUT2D eigenvalue weighted by atomic mass is 9.62. The van der Waals surface area contributed by atoms with E-state index in [2.05, 4.69) is 65.2 Å². The van der Waals surface area contributed by atoms with Gasteiger partial charge in [0.05, 0.1) is 6.10 Å². The molecule has 0 aromatic carbocycles. The van der Waals surface area contributed by atoms with Crippen LogP contribution in [0.15, 0.2) is 59.8 Å². The Morgan fingerprint density at radius 1 is 1.14 bits per heavy atom. The van der Waals surface area contributed by atoms with Crippen LogP contribution in [0.4, 0.5) is 0 Å². The van der Waals surface area contributed by atoms with Gasteiger partial charge in [0, 0.05) is 0 Å². The summed E-state index contributed by atoms with van der Waals surface area (Å²) >= 11 is 0. The van der Waals surface area contributed by atoms with E-state index < -0.39 is 0 Å². The highest BCUT2D eigenvalue weighted by Crippen LogP contribution is 2.59. The van der Waals surface area contributed by atoms with Crippen LogP contribution >= 0.6 is 0 Å². The third-order valence-corrected chi connectivity index (χ3v) is 8.27. The summed E-state index contributed by atoms with van der Waals surface area (Å²) in [5, 5.41) is 10.0. The molecule has 0 aromatic rings. The van der Waals surface area contributed by atoms with Gasteiger partial charge in [-0.25, -0.2) is 0 Å². The quantitative estimate of drug-likeness (QED) is 0.477. The third kappa shape index (κ3) is 4.88. The van der Waals surface area contributed by atoms with E-state index in [4.69, 9.17) is 0 Å². The Bertz CT molecular complexity index is 719. The SMILES string of the molecule is C=C1CC[C@H](O)C/C1=C/C=C1\CCC[C@]2(C)[C@@H](C(=C)/C=C/[C@H](C)C(C)C)CC[C@@H]12. The molecule has 0 amide bonds. The fourth-order valence-electron chi connectivity index (χ4n) is 5.86. The summed E-state index contributed by atoms with van der Waals surface area (Å²) in [6.45, 7) is 18.1. The lowest BCUT2D eigenvalue weighted by Crippen LogP contribution is -2.33. The number of fused-ring (bicyclic) bond motifs is 1. The first-order valence-corrected chi connectivity index (χ1v) is 11.8. The summed E-state index contributed by atoms with van der Waals surface area (Å²) in [5.41, 5.74) is 5.77. The zero-order chi connectivity index (χ0) is 21.2. The zero-order valence-corrected chi connectivity index (χ0v) is 19.2. The molecule has 0 aromatic heterocycles. The molecule has 0 bridgehead atoms. The van der Waals surface area contributed by atoms with E-state index in [9.17, 15) is 5.11 Å². The molecule has 0 aliphatic heterocycles. The predicted octanol–water partition coefficient (Wildman–Crippen LogP) is 7.56. The second-order valence-corrected chi connectivity index (χ2v) is 10.5. The maximum atomic E-state index is 10.0. The fourth-order valence-corrected chi connectivity index (χ4v) is 5.86. The second-order valence-electron chi connectivity index (χ2n) is 10.5. The summed E-state index contributed by atoms with van der Waals surface area (Å²) in [5.74, 6) is 2.55. The van der Waals surface area contributed by atoms with Crippen molar-refractivity contribution >= 4 is 0 Å². The standard InChI is InChI=1S/C28H42O/c1-19(2)20(3)9-10-22(5)26-15-16-27-23(8-7-17-28(26,27)6)12-13-24-18-25(29)14-11-21(24)4/h9-10,12-13,19-20,25-27,29H,4-5,7-8,11,14-18H2,1-3,6H3/b10-9+,23-12+,24-13-/t20-,25-,26+,27-,28+/m0/s1. The van der Waals surface area contributed by atoms with E-state index in [1.54, 1.807) is 5.57 Å². The van der Waals surface area contributed by atoms with Crippen LogP contribution < -0.4 is 0 Å². The maximum absolute atomic E-state index is 10.0. The van der Waals surface area contributed by atoms with Gasteiger partial charge in [-0.05, 0) is 86.0 Å². The zero-order valence-electron chi connectivity index (χ0n) is 19.2. The van der Waals surface area contributed by atoms with E-state index in [-0.39, 0.29) is 6.10 Å². The van der Waals surface area contributed by atoms with Gasteiger partial charge >= 0.3 is 0 Å². The molecule has 1 nitrogen and oxygen atoms in total. The van der Waals surface area contributed by atoms with Crippen LogP contribution in [0.25, 0.3) is 0 Å². The van der Waals surface area contributed by atoms with E-state index in [1.165, 1.54) is 48.8 Å². The Balaban J connectivity index is 1.76. The molecule has 0 heterocycles. The first-order valence-electron chi connectivity index (χ1n) is 11.8. The minimum atomic E-state index is -0.194. The van der Waals surface area contributed by atoms with Crippen LogP contribution in [-0.4, -0.2) is 11.2 Å². The lowest BCUT2D eigenvalue weighted by Gasteiger charge is -2.42. The van der Waals surface area contributed by atoms with Crippen molar-refractivity contribution in [1.29, 1.82) is 0 Å². The molecule has 5 atom stereocenters. The average molecular weight is 395 g/mol. The maximum Gasteiger partial charge on any atom is 0.0583 e. The van der Waals surface area contributed by atoms with Crippen LogP contribution in [0.5, 0.6) is 0 Å². The fraction of sp³-hybridized carbons (Fsp3) is 0.643. The largest absolute Gasteiger partial charge is 0.393 e. The van der Waals surface area contributed by atoms with Crippen molar-refractivity contribution in [3.05, 3.63) is 59.8 Å². The Kier molecular flexibility index (Phi) is 7.10. The summed E-state index contributed by atoms with van der Waals surface area (Å²) in [7, 11) is 0. The van der Waals surface area contributed by atoms with E-state index in [1.807, 2.05) is 0 Å². The first kappa shape index (κ1) is 22.3. The summed E-state index contributed by atoms with van der Waals surface area (Å²) in [6, 6.07) is 0. The normalized spacial score (nSPS) is 36.9. The second kappa shape index (κ2) is 9.21. The molecule has 3 aliphatic carbocycles. The Morgan fingerprint density at radius 2 is 1.90 bits per heavy atom. The van der Waals surface area contributed by atoms with Crippen molar-refractivity contribution in [2.24, 2.45) is 29.1 Å². The van der Waals surface area contributed by atoms with Gasteiger partial charge in [0.15, 0.2) is 0 Å². The summed E-state index contributed by atoms with van der Waals surface area (Å²) in [6.07, 6.45) is 18.1. The highest BCUT2D eigenvalue weighted by Gasteiger charge is 2.49. The number of rotatable bonds is 5. The van der Waals surface area contributed by atoms with Crippen molar-refractivity contribution in [2.75, 3.05) is 0 Å². The van der Waals surface area contributed by atoms with E-state index >= 15 is 0 Å². The van der Waals surface area contributed by atoms with E-state index in [0.717, 1.165) is 19.3 Å². The molecular weight excluding hydrogens is 352 g/mol. The summed E-state index contributed by atoms with van der Waals surface area (Å²) in [4.78, 5) is 0. The molecule has 3 saturated carbocycles. The smallest absolute Gasteiger partial charge is 0.0583 e. The molecule has 160 valence electrons. The molecule has 3 aliphatic rings. The Morgan fingerprint density at radius 3 is 2.62 bits per heavy atom. The number of allylic oxidation sites excluding steroid dienone is 7. The highest BCUT2D eigenvalue weighted by molar-refractivity contribution is 5.37. The van der Waals surface area contributed by atoms with Crippen LogP contribution in [0.3, 0.4) is 0 Å². The van der Waals surface area contributed by atoms with Crippen LogP contribution in [0, 0.1) is 29.1 Å². The minimum absolute atomic E-state index is 0.194. The molecule has 29 heavy (non-hydrogen) atoms. The van der Waals surface area contributed by atoms with Gasteiger partial charge in [0.1, 0.15) is 0 Å². The van der Waals surface area contributed by atoms with Crippen molar-refractivity contribution in [1.82, 2.24) is 0 Å². The molecule has 0 spiro atoms. The van der Waals surface area contributed by atoms with Crippen molar-refractivity contribution in [3.8, 4) is 0 Å². The molecule has 1 N–H and O–H groups in total. The Hall–Kier alpha value is -1.34. The topological polar surface area (TPSA) is 20.2 Å². The lowest BCUT2D eigenvalue weighted by molar-refractivity contribution is 0.157. The molecule has 3 rings (SSSR count). The van der Waals surface area contributed by atoms with Gasteiger partial charge in [-0.2, -0.15) is 0 Å². The van der Waals surface area contributed by atoms with Crippen molar-refractivity contribution in [3.63, 3.8) is 0 Å². The van der Waals surface area contributed by atoms with Gasteiger partial charge < -0.3 is 5.11 Å². The van der Waals surface area contributed by atoms with Crippen LogP contribution in [0.2, 0.25) is 0 Å². The minimum Gasteiger partial charge on any atom is -0.393 e. The van der Waals surface area contributed by atoms with Crippen LogP contribution in [0.1, 0.15) is 79.1 Å². The molecular formula is C28H42O. The average Bonchev–Trinajstić information content (AvgIpc) is 3.04. The number of aliphatic hydroxyl groups excluding tert-OH is 1. The molecule has 1 heteroatoms. The van der Waals surface area contributed by atoms with Gasteiger partial charge in [-0.1, -0.05) is 81.9 Å². The highest BCUT2D eigenvalue weighted by atomic mass is 16.3. The number of hydrogen-bond donors (Lipinski definition) is 1. The molecule has 0 unspecified atom stereocenters. The first-order chi connectivity index (χ1) is 13.7. The number of hydrogen-bond acceptors (Lipinski definition) is 1. The molecule has 3 fully saturated rings. The Labute approximate surface area is 179 Å².